The Labute approximate surface area is 131 Å². The molecule has 116 valence electrons. The summed E-state index contributed by atoms with van der Waals surface area (Å²) in [6, 6.07) is 5.46. The Balaban J connectivity index is 0.00000161. The van der Waals surface area contributed by atoms with Gasteiger partial charge in [0.2, 0.25) is 0 Å². The van der Waals surface area contributed by atoms with Crippen LogP contribution in [-0.2, 0) is 0 Å². The Kier molecular flexibility index (Phi) is 5.59. The molecule has 1 saturated carbocycles. The van der Waals surface area contributed by atoms with Gasteiger partial charge in [-0.3, -0.25) is 4.79 Å². The van der Waals surface area contributed by atoms with E-state index in [1.165, 1.54) is 0 Å². The van der Waals surface area contributed by atoms with Gasteiger partial charge in [0.1, 0.15) is 5.82 Å². The lowest BCUT2D eigenvalue weighted by atomic mass is 9.88. The normalized spacial score (nSPS) is 19.5. The van der Waals surface area contributed by atoms with Crippen LogP contribution in [-0.4, -0.2) is 25.0 Å². The number of carbonyl (C=O) groups excluding carboxylic acids is 1. The fraction of sp³-hybridized carbons (Fsp3) is 0.562. The highest BCUT2D eigenvalue weighted by atomic mass is 35.5. The fourth-order valence-electron chi connectivity index (χ4n) is 2.99. The van der Waals surface area contributed by atoms with E-state index in [0.29, 0.717) is 5.56 Å². The summed E-state index contributed by atoms with van der Waals surface area (Å²) in [6.07, 6.45) is 5.06. The van der Waals surface area contributed by atoms with Crippen LogP contribution in [0, 0.1) is 5.82 Å². The van der Waals surface area contributed by atoms with Crippen LogP contribution in [0.3, 0.4) is 0 Å². The minimum atomic E-state index is -0.323. The minimum Gasteiger partial charge on any atom is -0.349 e. The minimum absolute atomic E-state index is 0. The molecule has 0 atom stereocenters. The molecule has 21 heavy (non-hydrogen) atoms. The molecule has 3 nitrogen and oxygen atoms in total. The van der Waals surface area contributed by atoms with Gasteiger partial charge in [-0.05, 0) is 62.7 Å². The third-order valence-corrected chi connectivity index (χ3v) is 4.49. The van der Waals surface area contributed by atoms with Gasteiger partial charge in [-0.15, -0.1) is 12.4 Å². The summed E-state index contributed by atoms with van der Waals surface area (Å²) in [6.45, 7) is 1.84. The monoisotopic (exact) mass is 312 g/mol. The summed E-state index contributed by atoms with van der Waals surface area (Å²) in [7, 11) is 0. The molecule has 1 aliphatic heterocycles. The van der Waals surface area contributed by atoms with Crippen LogP contribution >= 0.6 is 12.4 Å². The number of rotatable bonds is 3. The Morgan fingerprint density at radius 2 is 1.90 bits per heavy atom. The van der Waals surface area contributed by atoms with Gasteiger partial charge in [0, 0.05) is 6.04 Å². The highest BCUT2D eigenvalue weighted by Gasteiger charge is 2.25. The van der Waals surface area contributed by atoms with E-state index in [2.05, 4.69) is 10.6 Å². The molecule has 1 aromatic carbocycles. The summed E-state index contributed by atoms with van der Waals surface area (Å²) in [5.74, 6) is -0.355. The first-order chi connectivity index (χ1) is 9.75. The number of hydrogen-bond donors (Lipinski definition) is 2. The molecule has 2 aliphatic rings. The highest BCUT2D eigenvalue weighted by molar-refractivity contribution is 5.95. The van der Waals surface area contributed by atoms with E-state index < -0.39 is 0 Å². The summed E-state index contributed by atoms with van der Waals surface area (Å²) >= 11 is 0. The number of nitrogens with one attached hydrogen (secondary N) is 2. The van der Waals surface area contributed by atoms with Crippen molar-refractivity contribution in [3.63, 3.8) is 0 Å². The third-order valence-electron chi connectivity index (χ3n) is 4.49. The molecule has 5 heteroatoms. The van der Waals surface area contributed by atoms with Crippen LogP contribution in [0.15, 0.2) is 18.2 Å². The van der Waals surface area contributed by atoms with Crippen molar-refractivity contribution in [1.82, 2.24) is 10.6 Å². The van der Waals surface area contributed by atoms with Gasteiger partial charge in [-0.25, -0.2) is 4.39 Å². The smallest absolute Gasteiger partial charge is 0.254 e. The second kappa shape index (κ2) is 7.23. The van der Waals surface area contributed by atoms with Crippen LogP contribution in [0.2, 0.25) is 0 Å². The number of hydrogen-bond acceptors (Lipinski definition) is 2. The van der Waals surface area contributed by atoms with Gasteiger partial charge in [-0.1, -0.05) is 12.1 Å². The number of carbonyl (C=O) groups is 1. The zero-order valence-electron chi connectivity index (χ0n) is 12.0. The average molecular weight is 313 g/mol. The second-order valence-corrected chi connectivity index (χ2v) is 5.83. The molecule has 2 N–H and O–H groups in total. The molecule has 0 bridgehead atoms. The summed E-state index contributed by atoms with van der Waals surface area (Å²) < 4.78 is 14.6. The predicted octanol–water partition coefficient (Wildman–Crippen LogP) is 3.00. The van der Waals surface area contributed by atoms with E-state index >= 15 is 0 Å². The highest BCUT2D eigenvalue weighted by Crippen LogP contribution is 2.29. The van der Waals surface area contributed by atoms with E-state index in [1.807, 2.05) is 6.07 Å². The molecule has 0 spiro atoms. The van der Waals surface area contributed by atoms with Crippen molar-refractivity contribution in [2.75, 3.05) is 13.1 Å². The zero-order chi connectivity index (χ0) is 13.9. The fourth-order valence-corrected chi connectivity index (χ4v) is 2.99. The van der Waals surface area contributed by atoms with Gasteiger partial charge in [0.25, 0.3) is 5.91 Å². The van der Waals surface area contributed by atoms with E-state index in [1.54, 1.807) is 12.1 Å². The van der Waals surface area contributed by atoms with Crippen molar-refractivity contribution in [2.24, 2.45) is 0 Å². The van der Waals surface area contributed by atoms with E-state index in [9.17, 15) is 9.18 Å². The van der Waals surface area contributed by atoms with E-state index in [4.69, 9.17) is 0 Å². The maximum absolute atomic E-state index is 14.6. The van der Waals surface area contributed by atoms with Crippen LogP contribution < -0.4 is 10.6 Å². The van der Waals surface area contributed by atoms with Gasteiger partial charge in [0.15, 0.2) is 0 Å². The molecular weight excluding hydrogens is 291 g/mol. The van der Waals surface area contributed by atoms with E-state index in [0.717, 1.165) is 45.2 Å². The molecule has 1 aliphatic carbocycles. The predicted molar refractivity (Wildman–Crippen MR) is 83.6 cm³/mol. The molecule has 0 unspecified atom stereocenters. The van der Waals surface area contributed by atoms with Crippen LogP contribution in [0.25, 0.3) is 0 Å². The molecule has 0 radical (unpaired) electrons. The molecule has 1 heterocycles. The first kappa shape index (κ1) is 16.2. The first-order valence-electron chi connectivity index (χ1n) is 7.55. The van der Waals surface area contributed by atoms with Crippen LogP contribution in [0.1, 0.15) is 53.9 Å². The number of benzene rings is 1. The van der Waals surface area contributed by atoms with Crippen molar-refractivity contribution in [1.29, 1.82) is 0 Å². The Hall–Kier alpha value is -1.13. The SMILES string of the molecule is Cl.O=C(NC1CCC1)c1cccc(C2CCNCC2)c1F. The number of piperidine rings is 1. The Bertz CT molecular complexity index is 499. The zero-order valence-corrected chi connectivity index (χ0v) is 12.8. The van der Waals surface area contributed by atoms with Crippen molar-refractivity contribution < 1.29 is 9.18 Å². The Morgan fingerprint density at radius 3 is 2.52 bits per heavy atom. The number of amides is 1. The molecular formula is C16H22ClFN2O. The molecule has 1 amide bonds. The van der Waals surface area contributed by atoms with E-state index in [-0.39, 0.29) is 41.7 Å². The summed E-state index contributed by atoms with van der Waals surface area (Å²) in [4.78, 5) is 12.1. The largest absolute Gasteiger partial charge is 0.349 e. The second-order valence-electron chi connectivity index (χ2n) is 5.83. The van der Waals surface area contributed by atoms with Crippen molar-refractivity contribution in [2.45, 2.75) is 44.1 Å². The standard InChI is InChI=1S/C16H21FN2O.ClH/c17-15-13(11-7-9-18-10-8-11)5-2-6-14(15)16(20)19-12-3-1-4-12;/h2,5-6,11-12,18H,1,3-4,7-10H2,(H,19,20);1H. The van der Waals surface area contributed by atoms with Gasteiger partial charge < -0.3 is 10.6 Å². The summed E-state index contributed by atoms with van der Waals surface area (Å²) in [5.41, 5.74) is 0.903. The maximum atomic E-state index is 14.6. The molecule has 3 rings (SSSR count). The number of halogens is 2. The van der Waals surface area contributed by atoms with Crippen LogP contribution in [0.5, 0.6) is 0 Å². The quantitative estimate of drug-likeness (QED) is 0.901. The van der Waals surface area contributed by atoms with Crippen molar-refractivity contribution >= 4 is 18.3 Å². The van der Waals surface area contributed by atoms with Crippen molar-refractivity contribution in [3.8, 4) is 0 Å². The maximum Gasteiger partial charge on any atom is 0.254 e. The molecule has 1 saturated heterocycles. The first-order valence-corrected chi connectivity index (χ1v) is 7.55. The molecule has 0 aromatic heterocycles. The van der Waals surface area contributed by atoms with Crippen molar-refractivity contribution in [3.05, 3.63) is 35.1 Å². The molecule has 1 aromatic rings. The third kappa shape index (κ3) is 3.55. The average Bonchev–Trinajstić information content (AvgIpc) is 2.44. The summed E-state index contributed by atoms with van der Waals surface area (Å²) in [5, 5.41) is 6.19. The topological polar surface area (TPSA) is 41.1 Å². The lowest BCUT2D eigenvalue weighted by molar-refractivity contribution is 0.0912. The lowest BCUT2D eigenvalue weighted by Crippen LogP contribution is -2.40. The van der Waals surface area contributed by atoms with Gasteiger partial charge >= 0.3 is 0 Å². The van der Waals surface area contributed by atoms with Gasteiger partial charge in [-0.2, -0.15) is 0 Å². The molecule has 2 fully saturated rings. The lowest BCUT2D eigenvalue weighted by Gasteiger charge is -2.27. The van der Waals surface area contributed by atoms with Crippen LogP contribution in [0.4, 0.5) is 4.39 Å². The Morgan fingerprint density at radius 1 is 1.19 bits per heavy atom. The van der Waals surface area contributed by atoms with Gasteiger partial charge in [0.05, 0.1) is 5.56 Å².